The van der Waals surface area contributed by atoms with Gasteiger partial charge in [-0.15, -0.1) is 0 Å². The Bertz CT molecular complexity index is 717. The fourth-order valence-corrected chi connectivity index (χ4v) is 4.19. The second kappa shape index (κ2) is 6.65. The number of hydrogen-bond acceptors (Lipinski definition) is 3. The lowest BCUT2D eigenvalue weighted by molar-refractivity contribution is -0.124. The van der Waals surface area contributed by atoms with Gasteiger partial charge in [0.1, 0.15) is 5.75 Å². The molecule has 2 aromatic rings. The molecule has 0 aliphatic carbocycles. The topological polar surface area (TPSA) is 75.4 Å². The van der Waals surface area contributed by atoms with E-state index >= 15 is 0 Å². The van der Waals surface area contributed by atoms with Gasteiger partial charge >= 0.3 is 0 Å². The number of phenolic OH excluding ortho intramolecular Hbond substituents is 1. The molecule has 1 aliphatic heterocycles. The first-order valence-corrected chi connectivity index (χ1v) is 8.41. The average molecular weight is 324 g/mol. The molecule has 1 amide bonds. The van der Waals surface area contributed by atoms with Crippen LogP contribution >= 0.6 is 0 Å². The highest BCUT2D eigenvalue weighted by Crippen LogP contribution is 2.51. The lowest BCUT2D eigenvalue weighted by Gasteiger charge is -2.48. The summed E-state index contributed by atoms with van der Waals surface area (Å²) in [6.45, 7) is 3.42. The average Bonchev–Trinajstić information content (AvgIpc) is 2.62. The van der Waals surface area contributed by atoms with Gasteiger partial charge in [0.15, 0.2) is 0 Å². The van der Waals surface area contributed by atoms with Gasteiger partial charge in [-0.2, -0.15) is 0 Å². The third-order valence-electron chi connectivity index (χ3n) is 5.49. The molecule has 4 heteroatoms. The normalized spacial score (nSPS) is 25.1. The first-order valence-electron chi connectivity index (χ1n) is 8.41. The number of nitrogens with one attached hydrogen (secondary N) is 1. The largest absolute Gasteiger partial charge is 0.508 e. The smallest absolute Gasteiger partial charge is 0.221 e. The molecule has 3 atom stereocenters. The van der Waals surface area contributed by atoms with Crippen molar-refractivity contribution in [3.8, 4) is 5.75 Å². The second-order valence-electron chi connectivity index (χ2n) is 6.60. The van der Waals surface area contributed by atoms with E-state index in [1.807, 2.05) is 37.3 Å². The van der Waals surface area contributed by atoms with Gasteiger partial charge < -0.3 is 16.2 Å². The minimum Gasteiger partial charge on any atom is -0.508 e. The van der Waals surface area contributed by atoms with Crippen molar-refractivity contribution < 1.29 is 9.90 Å². The third kappa shape index (κ3) is 2.67. The minimum atomic E-state index is -0.524. The van der Waals surface area contributed by atoms with Crippen molar-refractivity contribution in [2.24, 2.45) is 11.7 Å². The molecule has 3 unspecified atom stereocenters. The summed E-state index contributed by atoms with van der Waals surface area (Å²) in [4.78, 5) is 12.2. The molecular formula is C20H24N2O2. The zero-order valence-electron chi connectivity index (χ0n) is 13.9. The Kier molecular flexibility index (Phi) is 4.58. The summed E-state index contributed by atoms with van der Waals surface area (Å²) in [6.07, 6.45) is 0.744. The van der Waals surface area contributed by atoms with Crippen LogP contribution in [-0.4, -0.2) is 24.1 Å². The van der Waals surface area contributed by atoms with Gasteiger partial charge in [-0.25, -0.2) is 0 Å². The highest BCUT2D eigenvalue weighted by atomic mass is 16.3. The van der Waals surface area contributed by atoms with E-state index in [-0.39, 0.29) is 17.6 Å². The summed E-state index contributed by atoms with van der Waals surface area (Å²) < 4.78 is 0. The summed E-state index contributed by atoms with van der Waals surface area (Å²) in [5.41, 5.74) is 7.18. The minimum absolute atomic E-state index is 0.0586. The third-order valence-corrected chi connectivity index (χ3v) is 5.49. The van der Waals surface area contributed by atoms with E-state index in [0.717, 1.165) is 30.6 Å². The summed E-state index contributed by atoms with van der Waals surface area (Å²) in [5.74, 6) is -0.434. The lowest BCUT2D eigenvalue weighted by atomic mass is 9.57. The molecule has 3 rings (SSSR count). The zero-order chi connectivity index (χ0) is 17.2. The van der Waals surface area contributed by atoms with Gasteiger partial charge in [-0.1, -0.05) is 55.5 Å². The summed E-state index contributed by atoms with van der Waals surface area (Å²) in [7, 11) is 0. The van der Waals surface area contributed by atoms with Crippen molar-refractivity contribution >= 4 is 5.91 Å². The van der Waals surface area contributed by atoms with Crippen molar-refractivity contribution in [3.63, 3.8) is 0 Å². The van der Waals surface area contributed by atoms with Gasteiger partial charge in [-0.05, 0) is 24.6 Å². The number of amides is 1. The number of para-hydroxylation sites is 1. The van der Waals surface area contributed by atoms with Crippen LogP contribution < -0.4 is 11.1 Å². The van der Waals surface area contributed by atoms with Crippen LogP contribution in [-0.2, 0) is 10.2 Å². The van der Waals surface area contributed by atoms with Crippen LogP contribution in [0.4, 0.5) is 0 Å². The maximum atomic E-state index is 12.2. The number of hydrogen-bond donors (Lipinski definition) is 3. The zero-order valence-corrected chi connectivity index (χ0v) is 13.9. The standard InChI is InChI=1S/C20H24N2O2/c1-14(19(21)24)20(16-9-5-6-10-18(16)23)11-12-22-13-17(20)15-7-3-2-4-8-15/h2-10,14,17,22-23H,11-13H2,1H3,(H2,21,24). The van der Waals surface area contributed by atoms with Crippen molar-refractivity contribution in [3.05, 3.63) is 65.7 Å². The van der Waals surface area contributed by atoms with Crippen molar-refractivity contribution in [1.82, 2.24) is 5.32 Å². The van der Waals surface area contributed by atoms with Crippen LogP contribution in [0.25, 0.3) is 0 Å². The molecule has 1 heterocycles. The second-order valence-corrected chi connectivity index (χ2v) is 6.60. The highest BCUT2D eigenvalue weighted by molar-refractivity contribution is 5.79. The SMILES string of the molecule is CC(C(N)=O)C1(c2ccccc2O)CCNCC1c1ccccc1. The number of nitrogens with two attached hydrogens (primary N) is 1. The molecule has 2 aromatic carbocycles. The van der Waals surface area contributed by atoms with Gasteiger partial charge in [0, 0.05) is 29.4 Å². The molecule has 0 radical (unpaired) electrons. The fraction of sp³-hybridized carbons (Fsp3) is 0.350. The number of carbonyl (C=O) groups excluding carboxylic acids is 1. The number of primary amides is 1. The Morgan fingerprint density at radius 3 is 2.54 bits per heavy atom. The molecule has 4 N–H and O–H groups in total. The molecule has 0 saturated carbocycles. The summed E-state index contributed by atoms with van der Waals surface area (Å²) >= 11 is 0. The number of aromatic hydroxyl groups is 1. The van der Waals surface area contributed by atoms with Gasteiger partial charge in [0.05, 0.1) is 0 Å². The number of benzene rings is 2. The maximum Gasteiger partial charge on any atom is 0.221 e. The first-order chi connectivity index (χ1) is 11.6. The molecule has 126 valence electrons. The summed E-state index contributed by atoms with van der Waals surface area (Å²) in [5, 5.41) is 14.0. The Hall–Kier alpha value is -2.33. The Balaban J connectivity index is 2.22. The van der Waals surface area contributed by atoms with Gasteiger partial charge in [0.2, 0.25) is 5.91 Å². The van der Waals surface area contributed by atoms with E-state index in [9.17, 15) is 9.90 Å². The number of phenols is 1. The Labute approximate surface area is 142 Å². The Morgan fingerprint density at radius 2 is 1.88 bits per heavy atom. The van der Waals surface area contributed by atoms with Crippen molar-refractivity contribution in [2.45, 2.75) is 24.7 Å². The molecule has 0 spiro atoms. The Morgan fingerprint density at radius 1 is 1.21 bits per heavy atom. The van der Waals surface area contributed by atoms with Crippen LogP contribution in [0.2, 0.25) is 0 Å². The van der Waals surface area contributed by atoms with Crippen LogP contribution in [0.1, 0.15) is 30.4 Å². The first kappa shape index (κ1) is 16.5. The van der Waals surface area contributed by atoms with E-state index in [1.165, 1.54) is 0 Å². The molecular weight excluding hydrogens is 300 g/mol. The van der Waals surface area contributed by atoms with Crippen LogP contribution in [0.3, 0.4) is 0 Å². The summed E-state index contributed by atoms with van der Waals surface area (Å²) in [6, 6.07) is 17.5. The van der Waals surface area contributed by atoms with E-state index in [1.54, 1.807) is 12.1 Å². The van der Waals surface area contributed by atoms with Crippen LogP contribution in [0, 0.1) is 5.92 Å². The van der Waals surface area contributed by atoms with Crippen molar-refractivity contribution in [2.75, 3.05) is 13.1 Å². The van der Waals surface area contributed by atoms with Gasteiger partial charge in [0.25, 0.3) is 0 Å². The molecule has 0 bridgehead atoms. The van der Waals surface area contributed by atoms with Crippen molar-refractivity contribution in [1.29, 1.82) is 0 Å². The maximum absolute atomic E-state index is 12.2. The molecule has 1 fully saturated rings. The van der Waals surface area contributed by atoms with Crippen LogP contribution in [0.15, 0.2) is 54.6 Å². The van der Waals surface area contributed by atoms with E-state index in [0.29, 0.717) is 0 Å². The number of rotatable bonds is 4. The van der Waals surface area contributed by atoms with Crippen LogP contribution in [0.5, 0.6) is 5.75 Å². The lowest BCUT2D eigenvalue weighted by Crippen LogP contribution is -2.53. The van der Waals surface area contributed by atoms with E-state index in [4.69, 9.17) is 5.73 Å². The quantitative estimate of drug-likeness (QED) is 0.809. The number of piperidine rings is 1. The molecule has 4 nitrogen and oxygen atoms in total. The molecule has 1 saturated heterocycles. The van der Waals surface area contributed by atoms with Gasteiger partial charge in [-0.3, -0.25) is 4.79 Å². The predicted octanol–water partition coefficient (Wildman–Crippen LogP) is 2.53. The molecule has 24 heavy (non-hydrogen) atoms. The highest BCUT2D eigenvalue weighted by Gasteiger charge is 2.50. The van der Waals surface area contributed by atoms with E-state index in [2.05, 4.69) is 17.4 Å². The fourth-order valence-electron chi connectivity index (χ4n) is 4.19. The molecule has 1 aliphatic rings. The van der Waals surface area contributed by atoms with E-state index < -0.39 is 11.3 Å². The number of carbonyl (C=O) groups is 1. The molecule has 0 aromatic heterocycles. The predicted molar refractivity (Wildman–Crippen MR) is 94.8 cm³/mol. The monoisotopic (exact) mass is 324 g/mol.